The average molecular weight is 167 g/mol. The number of phenols is 1. The molecule has 0 amide bonds. The van der Waals surface area contributed by atoms with Crippen molar-refractivity contribution in [1.82, 2.24) is 0 Å². The molecule has 0 aliphatic rings. The number of hydrogen-bond acceptors (Lipinski definition) is 3. The van der Waals surface area contributed by atoms with Gasteiger partial charge in [0.1, 0.15) is 5.75 Å². The maximum Gasteiger partial charge on any atom is 0.338 e. The van der Waals surface area contributed by atoms with Crippen LogP contribution in [-0.2, 0) is 0 Å². The Morgan fingerprint density at radius 1 is 1.50 bits per heavy atom. The predicted molar refractivity (Wildman–Crippen MR) is 39.2 cm³/mol. The first-order chi connectivity index (χ1) is 5.52. The summed E-state index contributed by atoms with van der Waals surface area (Å²) in [4.78, 5) is 10.4. The lowest BCUT2D eigenvalue weighted by atomic mass is 10.1. The summed E-state index contributed by atoms with van der Waals surface area (Å²) in [5.74, 6) is -2.55. The molecule has 1 aromatic rings. The van der Waals surface area contributed by atoms with Crippen molar-refractivity contribution in [1.29, 1.82) is 0 Å². The Morgan fingerprint density at radius 2 is 2.08 bits per heavy atom. The van der Waals surface area contributed by atoms with Crippen LogP contribution in [0.15, 0.2) is 12.1 Å². The fourth-order valence-corrected chi connectivity index (χ4v) is 0.950. The molecule has 0 spiro atoms. The topological polar surface area (TPSA) is 80.6 Å². The molecular weight excluding hydrogens is 160 g/mol. The molecular formula is C8H7O4-. The van der Waals surface area contributed by atoms with Crippen molar-refractivity contribution in [3.8, 4) is 11.5 Å². The van der Waals surface area contributed by atoms with Crippen molar-refractivity contribution in [2.24, 2.45) is 0 Å². The highest BCUT2D eigenvalue weighted by Crippen LogP contribution is 2.25. The molecule has 1 aromatic carbocycles. The molecule has 0 saturated carbocycles. The molecule has 0 aliphatic carbocycles. The molecule has 0 saturated heterocycles. The first-order valence-electron chi connectivity index (χ1n) is 3.26. The molecule has 2 N–H and O–H groups in total. The van der Waals surface area contributed by atoms with Crippen LogP contribution in [0.1, 0.15) is 15.9 Å². The third-order valence-electron chi connectivity index (χ3n) is 1.44. The van der Waals surface area contributed by atoms with Crippen molar-refractivity contribution >= 4 is 5.97 Å². The molecule has 0 fully saturated rings. The molecule has 0 radical (unpaired) electrons. The number of carboxylic acid groups (broad SMARTS) is 1. The Balaban J connectivity index is 3.38. The highest BCUT2D eigenvalue weighted by Gasteiger charge is 2.09. The second-order valence-corrected chi connectivity index (χ2v) is 2.46. The van der Waals surface area contributed by atoms with Crippen molar-refractivity contribution in [2.45, 2.75) is 6.92 Å². The molecule has 64 valence electrons. The third kappa shape index (κ3) is 1.32. The van der Waals surface area contributed by atoms with Crippen LogP contribution in [0.2, 0.25) is 0 Å². The van der Waals surface area contributed by atoms with Gasteiger partial charge in [0.15, 0.2) is 0 Å². The Labute approximate surface area is 68.7 Å². The minimum Gasteiger partial charge on any atom is -0.872 e. The lowest BCUT2D eigenvalue weighted by Gasteiger charge is -2.12. The van der Waals surface area contributed by atoms with E-state index in [0.717, 1.165) is 0 Å². The van der Waals surface area contributed by atoms with Crippen molar-refractivity contribution < 1.29 is 20.1 Å². The number of carboxylic acids is 1. The fourth-order valence-electron chi connectivity index (χ4n) is 0.950. The van der Waals surface area contributed by atoms with Crippen LogP contribution in [-0.4, -0.2) is 16.2 Å². The van der Waals surface area contributed by atoms with E-state index in [0.29, 0.717) is 5.56 Å². The van der Waals surface area contributed by atoms with Crippen LogP contribution < -0.4 is 5.11 Å². The molecule has 1 rings (SSSR count). The summed E-state index contributed by atoms with van der Waals surface area (Å²) in [5, 5.41) is 28.5. The number of rotatable bonds is 1. The van der Waals surface area contributed by atoms with E-state index in [1.165, 1.54) is 12.1 Å². The van der Waals surface area contributed by atoms with E-state index in [1.807, 2.05) is 0 Å². The van der Waals surface area contributed by atoms with Gasteiger partial charge in [-0.05, 0) is 18.6 Å². The highest BCUT2D eigenvalue weighted by molar-refractivity contribution is 5.93. The molecule has 4 nitrogen and oxygen atoms in total. The SMILES string of the molecule is Cc1cc([O-])c(C(=O)O)c(O)c1. The van der Waals surface area contributed by atoms with Crippen molar-refractivity contribution in [2.75, 3.05) is 0 Å². The number of carbonyl (C=O) groups is 1. The van der Waals surface area contributed by atoms with Gasteiger partial charge in [-0.2, -0.15) is 0 Å². The van der Waals surface area contributed by atoms with E-state index < -0.39 is 23.0 Å². The van der Waals surface area contributed by atoms with Crippen molar-refractivity contribution in [3.05, 3.63) is 23.3 Å². The fraction of sp³-hybridized carbons (Fsp3) is 0.125. The quantitative estimate of drug-likeness (QED) is 0.637. The summed E-state index contributed by atoms with van der Waals surface area (Å²) in [7, 11) is 0. The Bertz CT molecular complexity index is 307. The van der Waals surface area contributed by atoms with Gasteiger partial charge in [-0.15, -0.1) is 0 Å². The molecule has 0 bridgehead atoms. The first kappa shape index (κ1) is 8.39. The summed E-state index contributed by atoms with van der Waals surface area (Å²) in [5.41, 5.74) is -0.0249. The van der Waals surface area contributed by atoms with E-state index in [9.17, 15) is 9.90 Å². The Kier molecular flexibility index (Phi) is 1.91. The van der Waals surface area contributed by atoms with Crippen LogP contribution in [0.25, 0.3) is 0 Å². The zero-order valence-electron chi connectivity index (χ0n) is 6.37. The standard InChI is InChI=1S/C8H8O4/c1-4-2-5(9)7(8(11)12)6(10)3-4/h2-3,9-10H,1H3,(H,11,12)/p-1. The molecule has 0 atom stereocenters. The van der Waals surface area contributed by atoms with Crippen LogP contribution >= 0.6 is 0 Å². The van der Waals surface area contributed by atoms with Crippen LogP contribution in [0.3, 0.4) is 0 Å². The number of benzene rings is 1. The molecule has 0 aliphatic heterocycles. The maximum atomic E-state index is 11.0. The average Bonchev–Trinajstić information content (AvgIpc) is 1.82. The Morgan fingerprint density at radius 3 is 2.50 bits per heavy atom. The molecule has 0 unspecified atom stereocenters. The van der Waals surface area contributed by atoms with E-state index in [1.54, 1.807) is 6.92 Å². The minimum atomic E-state index is -1.41. The summed E-state index contributed by atoms with van der Waals surface area (Å²) in [6, 6.07) is 2.41. The summed E-state index contributed by atoms with van der Waals surface area (Å²) in [6.45, 7) is 1.60. The van der Waals surface area contributed by atoms with Gasteiger partial charge in [0, 0.05) is 0 Å². The van der Waals surface area contributed by atoms with Crippen LogP contribution in [0, 0.1) is 6.92 Å². The van der Waals surface area contributed by atoms with Gasteiger partial charge in [-0.3, -0.25) is 0 Å². The largest absolute Gasteiger partial charge is 0.872 e. The van der Waals surface area contributed by atoms with Gasteiger partial charge >= 0.3 is 5.97 Å². The summed E-state index contributed by atoms with van der Waals surface area (Å²) in [6.07, 6.45) is 0. The van der Waals surface area contributed by atoms with Gasteiger partial charge < -0.3 is 15.3 Å². The molecule has 0 aromatic heterocycles. The van der Waals surface area contributed by atoms with Crippen LogP contribution in [0.4, 0.5) is 0 Å². The zero-order valence-corrected chi connectivity index (χ0v) is 6.37. The molecule has 4 heteroatoms. The second kappa shape index (κ2) is 2.73. The number of aromatic hydroxyl groups is 1. The number of hydrogen-bond donors (Lipinski definition) is 2. The predicted octanol–water partition coefficient (Wildman–Crippen LogP) is 0.472. The van der Waals surface area contributed by atoms with E-state index in [4.69, 9.17) is 10.2 Å². The zero-order chi connectivity index (χ0) is 9.30. The summed E-state index contributed by atoms with van der Waals surface area (Å²) >= 11 is 0. The maximum absolute atomic E-state index is 11.0. The Hall–Kier alpha value is -1.71. The monoisotopic (exact) mass is 167 g/mol. The van der Waals surface area contributed by atoms with E-state index in [2.05, 4.69) is 0 Å². The smallest absolute Gasteiger partial charge is 0.338 e. The molecule has 12 heavy (non-hydrogen) atoms. The van der Waals surface area contributed by atoms with E-state index >= 15 is 0 Å². The van der Waals surface area contributed by atoms with Gasteiger partial charge in [0.05, 0.1) is 5.56 Å². The molecule has 0 heterocycles. The highest BCUT2D eigenvalue weighted by atomic mass is 16.4. The minimum absolute atomic E-state index is 0.479. The number of aryl methyl sites for hydroxylation is 1. The van der Waals surface area contributed by atoms with E-state index in [-0.39, 0.29) is 0 Å². The van der Waals surface area contributed by atoms with Gasteiger partial charge in [0.2, 0.25) is 0 Å². The lowest BCUT2D eigenvalue weighted by Crippen LogP contribution is -2.04. The van der Waals surface area contributed by atoms with Gasteiger partial charge in [-0.25, -0.2) is 4.79 Å². The van der Waals surface area contributed by atoms with Gasteiger partial charge in [0.25, 0.3) is 0 Å². The van der Waals surface area contributed by atoms with Crippen molar-refractivity contribution in [3.63, 3.8) is 0 Å². The lowest BCUT2D eigenvalue weighted by molar-refractivity contribution is -0.269. The third-order valence-corrected chi connectivity index (χ3v) is 1.44. The van der Waals surface area contributed by atoms with Gasteiger partial charge in [-0.1, -0.05) is 11.8 Å². The van der Waals surface area contributed by atoms with Crippen LogP contribution in [0.5, 0.6) is 11.5 Å². The summed E-state index contributed by atoms with van der Waals surface area (Å²) < 4.78 is 0. The number of aromatic carboxylic acids is 1. The second-order valence-electron chi connectivity index (χ2n) is 2.46. The first-order valence-corrected chi connectivity index (χ1v) is 3.26. The normalized spacial score (nSPS) is 9.75.